The number of fused-ring (bicyclic) bond motifs is 7. The molecule has 0 saturated carbocycles. The van der Waals surface area contributed by atoms with Gasteiger partial charge in [-0.2, -0.15) is 0 Å². The zero-order chi connectivity index (χ0) is 40.3. The lowest BCUT2D eigenvalue weighted by Gasteiger charge is -2.14. The highest BCUT2D eigenvalue weighted by Crippen LogP contribution is 2.42. The molecule has 0 aliphatic heterocycles. The van der Waals surface area contributed by atoms with Gasteiger partial charge < -0.3 is 0 Å². The molecule has 0 N–H and O–H groups in total. The zero-order valence-corrected chi connectivity index (χ0v) is 33.9. The van der Waals surface area contributed by atoms with Gasteiger partial charge in [-0.25, -0.2) is 9.97 Å². The molecular formula is C58H36N2S. The number of hydrogen-bond donors (Lipinski definition) is 0. The molecule has 12 rings (SSSR count). The van der Waals surface area contributed by atoms with E-state index < -0.39 is 0 Å². The Morgan fingerprint density at radius 3 is 1.57 bits per heavy atom. The maximum Gasteiger partial charge on any atom is 0.160 e. The molecule has 2 aromatic heterocycles. The predicted octanol–water partition coefficient (Wildman–Crippen LogP) is 16.3. The third-order valence-corrected chi connectivity index (χ3v) is 13.2. The summed E-state index contributed by atoms with van der Waals surface area (Å²) in [7, 11) is 0. The molecule has 61 heavy (non-hydrogen) atoms. The van der Waals surface area contributed by atoms with E-state index in [2.05, 4.69) is 200 Å². The Hall–Kier alpha value is -7.72. The minimum absolute atomic E-state index is 0.719. The van der Waals surface area contributed by atoms with Crippen LogP contribution in [-0.4, -0.2) is 9.97 Å². The minimum atomic E-state index is 0.719. The average molecular weight is 793 g/mol. The van der Waals surface area contributed by atoms with Crippen LogP contribution in [0.3, 0.4) is 0 Å². The summed E-state index contributed by atoms with van der Waals surface area (Å²) in [5, 5.41) is 10.2. The molecule has 0 fully saturated rings. The summed E-state index contributed by atoms with van der Waals surface area (Å²) >= 11 is 1.83. The molecule has 12 aromatic rings. The van der Waals surface area contributed by atoms with Crippen molar-refractivity contribution in [2.75, 3.05) is 0 Å². The van der Waals surface area contributed by atoms with E-state index in [0.717, 1.165) is 39.5 Å². The van der Waals surface area contributed by atoms with Gasteiger partial charge in [0.05, 0.1) is 11.4 Å². The number of benzene rings is 10. The van der Waals surface area contributed by atoms with Crippen LogP contribution in [-0.2, 0) is 0 Å². The lowest BCUT2D eigenvalue weighted by Crippen LogP contribution is -1.96. The summed E-state index contributed by atoms with van der Waals surface area (Å²) in [6, 6.07) is 78.7. The van der Waals surface area contributed by atoms with Crippen LogP contribution in [0.25, 0.3) is 120 Å². The molecule has 10 aromatic carbocycles. The van der Waals surface area contributed by atoms with Crippen LogP contribution >= 0.6 is 11.3 Å². The first-order valence-electron chi connectivity index (χ1n) is 20.7. The fraction of sp³-hybridized carbons (Fsp3) is 0. The van der Waals surface area contributed by atoms with Crippen molar-refractivity contribution < 1.29 is 0 Å². The second kappa shape index (κ2) is 14.5. The zero-order valence-electron chi connectivity index (χ0n) is 33.1. The standard InChI is InChI=1S/C58H36N2S/c1-2-12-44(13-3-1)58-59-52(36-53(60-58)49-18-10-20-55-57(49)50-17-8-9-19-54(50)61-55)42-29-25-39(26-30-42)37-21-23-38(24-22-37)40-27-31-43(32-28-40)56-47-16-7-5-14-45(47)35-51-46-15-6-4-11-41(46)33-34-48(51)56/h1-36H. The molecular weight excluding hydrogens is 757 g/mol. The van der Waals surface area contributed by atoms with Gasteiger partial charge in [0, 0.05) is 36.9 Å². The van der Waals surface area contributed by atoms with E-state index in [1.54, 1.807) is 0 Å². The van der Waals surface area contributed by atoms with Crippen molar-refractivity contribution in [3.05, 3.63) is 218 Å². The van der Waals surface area contributed by atoms with Crippen molar-refractivity contribution in [1.29, 1.82) is 0 Å². The summed E-state index contributed by atoms with van der Waals surface area (Å²) in [5.74, 6) is 0.719. The van der Waals surface area contributed by atoms with Gasteiger partial charge >= 0.3 is 0 Å². The highest BCUT2D eigenvalue weighted by atomic mass is 32.1. The van der Waals surface area contributed by atoms with E-state index in [0.29, 0.717) is 0 Å². The lowest BCUT2D eigenvalue weighted by molar-refractivity contribution is 1.19. The summed E-state index contributed by atoms with van der Waals surface area (Å²) < 4.78 is 2.54. The van der Waals surface area contributed by atoms with E-state index >= 15 is 0 Å². The van der Waals surface area contributed by atoms with E-state index in [4.69, 9.17) is 9.97 Å². The molecule has 284 valence electrons. The first-order valence-corrected chi connectivity index (χ1v) is 21.5. The Balaban J connectivity index is 0.862. The van der Waals surface area contributed by atoms with Gasteiger partial charge in [-0.15, -0.1) is 11.3 Å². The lowest BCUT2D eigenvalue weighted by atomic mass is 9.89. The van der Waals surface area contributed by atoms with Crippen LogP contribution < -0.4 is 0 Å². The van der Waals surface area contributed by atoms with Crippen molar-refractivity contribution >= 4 is 63.8 Å². The molecule has 0 radical (unpaired) electrons. The molecule has 0 atom stereocenters. The Kier molecular flexibility index (Phi) is 8.39. The van der Waals surface area contributed by atoms with Gasteiger partial charge in [0.2, 0.25) is 0 Å². The first kappa shape index (κ1) is 35.2. The summed E-state index contributed by atoms with van der Waals surface area (Å²) in [5.41, 5.74) is 12.2. The van der Waals surface area contributed by atoms with Crippen molar-refractivity contribution in [3.63, 3.8) is 0 Å². The Morgan fingerprint density at radius 1 is 0.295 bits per heavy atom. The third-order valence-electron chi connectivity index (χ3n) is 12.1. The van der Waals surface area contributed by atoms with Crippen LogP contribution in [0, 0.1) is 0 Å². The fourth-order valence-corrected chi connectivity index (χ4v) is 10.2. The van der Waals surface area contributed by atoms with Gasteiger partial charge in [0.15, 0.2) is 5.82 Å². The molecule has 3 heteroatoms. The highest BCUT2D eigenvalue weighted by molar-refractivity contribution is 7.25. The van der Waals surface area contributed by atoms with Crippen LogP contribution in [0.4, 0.5) is 0 Å². The maximum absolute atomic E-state index is 5.18. The van der Waals surface area contributed by atoms with Gasteiger partial charge in [-0.05, 0) is 90.0 Å². The molecule has 0 aliphatic rings. The number of hydrogen-bond acceptors (Lipinski definition) is 3. The number of rotatable bonds is 6. The monoisotopic (exact) mass is 792 g/mol. The largest absolute Gasteiger partial charge is 0.228 e. The molecule has 0 unspecified atom stereocenters. The number of aromatic nitrogens is 2. The normalized spacial score (nSPS) is 11.6. The van der Waals surface area contributed by atoms with Crippen LogP contribution in [0.1, 0.15) is 0 Å². The summed E-state index contributed by atoms with van der Waals surface area (Å²) in [6.45, 7) is 0. The van der Waals surface area contributed by atoms with Crippen molar-refractivity contribution in [2.24, 2.45) is 0 Å². The van der Waals surface area contributed by atoms with E-state index in [9.17, 15) is 0 Å². The van der Waals surface area contributed by atoms with E-state index in [-0.39, 0.29) is 0 Å². The minimum Gasteiger partial charge on any atom is -0.228 e. The van der Waals surface area contributed by atoms with E-state index in [1.165, 1.54) is 80.3 Å². The second-order valence-corrected chi connectivity index (χ2v) is 16.8. The van der Waals surface area contributed by atoms with Crippen molar-refractivity contribution in [1.82, 2.24) is 9.97 Å². The molecule has 0 aliphatic carbocycles. The predicted molar refractivity (Wildman–Crippen MR) is 260 cm³/mol. The molecule has 0 amide bonds. The van der Waals surface area contributed by atoms with E-state index in [1.807, 2.05) is 29.5 Å². The quantitative estimate of drug-likeness (QED) is 0.124. The molecule has 2 heterocycles. The van der Waals surface area contributed by atoms with Gasteiger partial charge in [-0.1, -0.05) is 194 Å². The highest BCUT2D eigenvalue weighted by Gasteiger charge is 2.17. The Bertz CT molecular complexity index is 3610. The third kappa shape index (κ3) is 6.18. The number of thiophene rings is 1. The van der Waals surface area contributed by atoms with Gasteiger partial charge in [0.1, 0.15) is 0 Å². The van der Waals surface area contributed by atoms with Crippen LogP contribution in [0.15, 0.2) is 218 Å². The Labute approximate surface area is 357 Å². The van der Waals surface area contributed by atoms with Crippen molar-refractivity contribution in [2.45, 2.75) is 0 Å². The molecule has 0 saturated heterocycles. The first-order chi connectivity index (χ1) is 30.2. The topological polar surface area (TPSA) is 25.8 Å². The molecule has 2 nitrogen and oxygen atoms in total. The average Bonchev–Trinajstić information content (AvgIpc) is 3.73. The smallest absolute Gasteiger partial charge is 0.160 e. The van der Waals surface area contributed by atoms with Crippen LogP contribution in [0.2, 0.25) is 0 Å². The molecule has 0 spiro atoms. The van der Waals surface area contributed by atoms with Crippen molar-refractivity contribution in [3.8, 4) is 67.3 Å². The SMILES string of the molecule is c1ccc(-c2nc(-c3ccc(-c4ccc(-c5ccc(-c6c7ccccc7cc7c6ccc6ccccc67)cc5)cc4)cc3)cc(-c3cccc4sc5ccccc5c34)n2)cc1. The van der Waals surface area contributed by atoms with Gasteiger partial charge in [-0.3, -0.25) is 0 Å². The van der Waals surface area contributed by atoms with Crippen LogP contribution in [0.5, 0.6) is 0 Å². The maximum atomic E-state index is 5.18. The summed E-state index contributed by atoms with van der Waals surface area (Å²) in [4.78, 5) is 10.3. The molecule has 0 bridgehead atoms. The Morgan fingerprint density at radius 2 is 0.852 bits per heavy atom. The second-order valence-electron chi connectivity index (χ2n) is 15.7. The fourth-order valence-electron chi connectivity index (χ4n) is 9.09. The van der Waals surface area contributed by atoms with Gasteiger partial charge in [0.25, 0.3) is 0 Å². The summed E-state index contributed by atoms with van der Waals surface area (Å²) in [6.07, 6.45) is 0. The number of nitrogens with zero attached hydrogens (tertiary/aromatic N) is 2.